The lowest BCUT2D eigenvalue weighted by atomic mass is 9.83. The Kier molecular flexibility index (Phi) is 11.4. The number of Topliss-reactive ketones (excluding diaryl/α,β-unsaturated/α-hetero) is 1. The second kappa shape index (κ2) is 13.3. The van der Waals surface area contributed by atoms with E-state index in [1.54, 1.807) is 0 Å². The van der Waals surface area contributed by atoms with Gasteiger partial charge in [-0.15, -0.1) is 0 Å². The molecule has 27 heavy (non-hydrogen) atoms. The van der Waals surface area contributed by atoms with E-state index in [0.717, 1.165) is 25.7 Å². The van der Waals surface area contributed by atoms with Gasteiger partial charge in [0, 0.05) is 50.7 Å². The smallest absolute Gasteiger partial charge is 0.220 e. The van der Waals surface area contributed by atoms with Crippen LogP contribution in [0.2, 0.25) is 0 Å². The first-order valence-electron chi connectivity index (χ1n) is 10.3. The van der Waals surface area contributed by atoms with Gasteiger partial charge >= 0.3 is 0 Å². The van der Waals surface area contributed by atoms with E-state index in [2.05, 4.69) is 16.0 Å². The molecule has 0 spiro atoms. The fraction of sp³-hybridized carbons (Fsp3) is 0.800. The summed E-state index contributed by atoms with van der Waals surface area (Å²) in [6.45, 7) is 4.86. The lowest BCUT2D eigenvalue weighted by molar-refractivity contribution is -0.124. The zero-order chi connectivity index (χ0) is 20.1. The molecule has 3 N–H and O–H groups in total. The number of rotatable bonds is 12. The van der Waals surface area contributed by atoms with Crippen LogP contribution in [0.15, 0.2) is 0 Å². The Balaban J connectivity index is 2.06. The van der Waals surface area contributed by atoms with E-state index in [9.17, 15) is 19.2 Å². The third-order valence-corrected chi connectivity index (χ3v) is 4.98. The quantitative estimate of drug-likeness (QED) is 0.449. The van der Waals surface area contributed by atoms with Crippen LogP contribution in [0.1, 0.15) is 78.1 Å². The van der Waals surface area contributed by atoms with Crippen molar-refractivity contribution < 1.29 is 19.2 Å². The van der Waals surface area contributed by atoms with Gasteiger partial charge in [-0.1, -0.05) is 6.92 Å². The zero-order valence-corrected chi connectivity index (χ0v) is 16.8. The second-order valence-electron chi connectivity index (χ2n) is 7.20. The second-order valence-corrected chi connectivity index (χ2v) is 7.20. The van der Waals surface area contributed by atoms with Crippen molar-refractivity contribution >= 4 is 23.5 Å². The fourth-order valence-electron chi connectivity index (χ4n) is 3.41. The van der Waals surface area contributed by atoms with Gasteiger partial charge in [-0.25, -0.2) is 0 Å². The van der Waals surface area contributed by atoms with Crippen LogP contribution in [0.25, 0.3) is 0 Å². The summed E-state index contributed by atoms with van der Waals surface area (Å²) in [5.41, 5.74) is 0. The molecule has 154 valence electrons. The minimum Gasteiger partial charge on any atom is -0.356 e. The molecular weight excluding hydrogens is 346 g/mol. The number of nitrogens with one attached hydrogen (secondary N) is 3. The zero-order valence-electron chi connectivity index (χ0n) is 16.8. The van der Waals surface area contributed by atoms with Gasteiger partial charge in [0.05, 0.1) is 0 Å². The van der Waals surface area contributed by atoms with Gasteiger partial charge in [0.25, 0.3) is 0 Å². The Hall–Kier alpha value is -1.92. The summed E-state index contributed by atoms with van der Waals surface area (Å²) < 4.78 is 0. The molecule has 0 radical (unpaired) electrons. The van der Waals surface area contributed by atoms with Crippen LogP contribution < -0.4 is 16.0 Å². The lowest BCUT2D eigenvalue weighted by Crippen LogP contribution is -2.38. The Morgan fingerprint density at radius 3 is 2.00 bits per heavy atom. The summed E-state index contributed by atoms with van der Waals surface area (Å²) in [5.74, 6) is 0.384. The normalized spacial score (nSPS) is 19.2. The summed E-state index contributed by atoms with van der Waals surface area (Å²) in [5, 5.41) is 8.51. The average Bonchev–Trinajstić information content (AvgIpc) is 2.65. The summed E-state index contributed by atoms with van der Waals surface area (Å²) in [6, 6.07) is 0.154. The van der Waals surface area contributed by atoms with Gasteiger partial charge < -0.3 is 16.0 Å². The van der Waals surface area contributed by atoms with E-state index >= 15 is 0 Å². The van der Waals surface area contributed by atoms with E-state index in [1.165, 1.54) is 0 Å². The molecule has 7 nitrogen and oxygen atoms in total. The van der Waals surface area contributed by atoms with Crippen molar-refractivity contribution in [2.45, 2.75) is 84.1 Å². The molecule has 0 atom stereocenters. The largest absolute Gasteiger partial charge is 0.356 e. The highest BCUT2D eigenvalue weighted by atomic mass is 16.2. The van der Waals surface area contributed by atoms with E-state index in [0.29, 0.717) is 57.4 Å². The number of amides is 3. The number of carbonyl (C=O) groups excluding carboxylic acids is 4. The van der Waals surface area contributed by atoms with Crippen LogP contribution in [-0.4, -0.2) is 42.6 Å². The first-order valence-corrected chi connectivity index (χ1v) is 10.3. The van der Waals surface area contributed by atoms with Crippen LogP contribution >= 0.6 is 0 Å². The monoisotopic (exact) mass is 381 g/mol. The SMILES string of the molecule is CCNC(=O)CCCNC(=O)CCCC(=O)NC1CCC(C(=O)CC)CC1. The topological polar surface area (TPSA) is 104 Å². The molecule has 0 aliphatic heterocycles. The molecule has 1 aliphatic carbocycles. The van der Waals surface area contributed by atoms with Crippen molar-refractivity contribution in [2.75, 3.05) is 13.1 Å². The maximum atomic E-state index is 12.0. The molecule has 1 aliphatic rings. The van der Waals surface area contributed by atoms with Crippen LogP contribution in [0, 0.1) is 5.92 Å². The molecule has 0 aromatic heterocycles. The number of hydrogen-bond acceptors (Lipinski definition) is 4. The molecule has 0 unspecified atom stereocenters. The van der Waals surface area contributed by atoms with Crippen LogP contribution in [-0.2, 0) is 19.2 Å². The number of hydrogen-bond donors (Lipinski definition) is 3. The molecule has 0 aromatic carbocycles. The van der Waals surface area contributed by atoms with Crippen molar-refractivity contribution in [3.63, 3.8) is 0 Å². The summed E-state index contributed by atoms with van der Waals surface area (Å²) in [4.78, 5) is 46.7. The Morgan fingerprint density at radius 2 is 1.37 bits per heavy atom. The Labute approximate surface area is 162 Å². The fourth-order valence-corrected chi connectivity index (χ4v) is 3.41. The van der Waals surface area contributed by atoms with Crippen LogP contribution in [0.5, 0.6) is 0 Å². The van der Waals surface area contributed by atoms with E-state index in [-0.39, 0.29) is 29.7 Å². The molecule has 0 saturated heterocycles. The molecule has 0 heterocycles. The van der Waals surface area contributed by atoms with Gasteiger partial charge in [-0.2, -0.15) is 0 Å². The molecule has 1 saturated carbocycles. The molecule has 0 bridgehead atoms. The molecule has 1 fully saturated rings. The first-order chi connectivity index (χ1) is 13.0. The molecular formula is C20H35N3O4. The van der Waals surface area contributed by atoms with Crippen LogP contribution in [0.3, 0.4) is 0 Å². The molecule has 7 heteroatoms. The minimum atomic E-state index is -0.0858. The van der Waals surface area contributed by atoms with Gasteiger partial charge in [0.15, 0.2) is 0 Å². The molecule has 1 rings (SSSR count). The average molecular weight is 382 g/mol. The van der Waals surface area contributed by atoms with Crippen LogP contribution in [0.4, 0.5) is 0 Å². The van der Waals surface area contributed by atoms with E-state index < -0.39 is 0 Å². The molecule has 0 aromatic rings. The highest BCUT2D eigenvalue weighted by molar-refractivity contribution is 5.81. The number of carbonyl (C=O) groups is 4. The molecule has 3 amide bonds. The lowest BCUT2D eigenvalue weighted by Gasteiger charge is -2.28. The first kappa shape index (κ1) is 23.1. The third kappa shape index (κ3) is 10.1. The van der Waals surface area contributed by atoms with E-state index in [1.807, 2.05) is 13.8 Å². The highest BCUT2D eigenvalue weighted by Gasteiger charge is 2.25. The minimum absolute atomic E-state index is 0.00323. The van der Waals surface area contributed by atoms with Crippen molar-refractivity contribution in [2.24, 2.45) is 5.92 Å². The Morgan fingerprint density at radius 1 is 0.778 bits per heavy atom. The van der Waals surface area contributed by atoms with Gasteiger partial charge in [0.2, 0.25) is 17.7 Å². The van der Waals surface area contributed by atoms with Gasteiger partial charge in [-0.3, -0.25) is 19.2 Å². The highest BCUT2D eigenvalue weighted by Crippen LogP contribution is 2.25. The summed E-state index contributed by atoms with van der Waals surface area (Å²) in [7, 11) is 0. The van der Waals surface area contributed by atoms with Crippen molar-refractivity contribution in [1.29, 1.82) is 0 Å². The predicted molar refractivity (Wildman–Crippen MR) is 104 cm³/mol. The van der Waals surface area contributed by atoms with Gasteiger partial charge in [0.1, 0.15) is 5.78 Å². The van der Waals surface area contributed by atoms with Crippen molar-refractivity contribution in [3.8, 4) is 0 Å². The Bertz CT molecular complexity index is 499. The maximum Gasteiger partial charge on any atom is 0.220 e. The predicted octanol–water partition coefficient (Wildman–Crippen LogP) is 1.84. The van der Waals surface area contributed by atoms with Crippen molar-refractivity contribution in [1.82, 2.24) is 16.0 Å². The van der Waals surface area contributed by atoms with Crippen molar-refractivity contribution in [3.05, 3.63) is 0 Å². The summed E-state index contributed by atoms with van der Waals surface area (Å²) >= 11 is 0. The maximum absolute atomic E-state index is 12.0. The standard InChI is InChI=1S/C20H35N3O4/c1-3-17(24)15-10-12-16(13-11-15)23-20(27)8-5-7-19(26)22-14-6-9-18(25)21-4-2/h15-16H,3-14H2,1-2H3,(H,21,25)(H,22,26)(H,23,27). The summed E-state index contributed by atoms with van der Waals surface area (Å²) in [6.07, 6.45) is 6.19. The number of ketones is 1. The third-order valence-electron chi connectivity index (χ3n) is 4.98. The van der Waals surface area contributed by atoms with Gasteiger partial charge in [-0.05, 0) is 45.4 Å². The van der Waals surface area contributed by atoms with E-state index in [4.69, 9.17) is 0 Å².